The Bertz CT molecular complexity index is 385. The molecule has 0 heterocycles. The molecule has 160 valence electrons. The molecule has 1 N–H and O–H groups in total. The Morgan fingerprint density at radius 1 is 1.00 bits per heavy atom. The van der Waals surface area contributed by atoms with Crippen molar-refractivity contribution in [1.29, 1.82) is 0 Å². The number of carbonyl (C=O) groups excluding carboxylic acids is 1. The average Bonchev–Trinajstić information content (AvgIpc) is 2.63. The highest BCUT2D eigenvalue weighted by Crippen LogP contribution is 2.20. The zero-order chi connectivity index (χ0) is 20.5. The van der Waals surface area contributed by atoms with Gasteiger partial charge in [-0.2, -0.15) is 0 Å². The van der Waals surface area contributed by atoms with Crippen LogP contribution in [0.4, 0.5) is 0 Å². The molecule has 0 bridgehead atoms. The smallest absolute Gasteiger partial charge is 0.105 e. The number of carbonyl (C=O) groups is 1. The van der Waals surface area contributed by atoms with Crippen molar-refractivity contribution in [3.63, 3.8) is 0 Å². The van der Waals surface area contributed by atoms with Gasteiger partial charge >= 0.3 is 0 Å². The molecule has 0 spiro atoms. The number of quaternary nitrogens is 1. The molecule has 0 aromatic heterocycles. The summed E-state index contributed by atoms with van der Waals surface area (Å²) in [7, 11) is 0. The van der Waals surface area contributed by atoms with Crippen molar-refractivity contribution in [3.05, 3.63) is 12.2 Å². The molecule has 0 fully saturated rings. The molecular weight excluding hydrogens is 338 g/mol. The molecule has 0 radical (unpaired) electrons. The maximum Gasteiger partial charge on any atom is 0.105 e. The number of unbranched alkanes of at least 4 members (excludes halogenated alkanes) is 5. The summed E-state index contributed by atoms with van der Waals surface area (Å²) in [5.74, 6) is -1.38. The van der Waals surface area contributed by atoms with Crippen LogP contribution < -0.4 is 5.11 Å². The number of hydrogen-bond acceptors (Lipinski definition) is 3. The lowest BCUT2D eigenvalue weighted by molar-refractivity contribution is -0.931. The zero-order valence-corrected chi connectivity index (χ0v) is 18.4. The number of carboxylic acid groups (broad SMARTS) is 1. The first-order chi connectivity index (χ1) is 12.9. The lowest BCUT2D eigenvalue weighted by atomic mass is 10.0. The maximum atomic E-state index is 11.2. The van der Waals surface area contributed by atoms with Crippen LogP contribution in [0.1, 0.15) is 91.9 Å². The van der Waals surface area contributed by atoms with Crippen LogP contribution in [-0.2, 0) is 4.79 Å². The monoisotopic (exact) mass is 383 g/mol. The van der Waals surface area contributed by atoms with Crippen LogP contribution in [0.3, 0.4) is 0 Å². The van der Waals surface area contributed by atoms with E-state index >= 15 is 0 Å². The van der Waals surface area contributed by atoms with Gasteiger partial charge in [0, 0.05) is 18.3 Å². The van der Waals surface area contributed by atoms with Crippen molar-refractivity contribution in [2.45, 2.75) is 98.0 Å². The van der Waals surface area contributed by atoms with Crippen molar-refractivity contribution in [3.8, 4) is 0 Å². The third kappa shape index (κ3) is 13.0. The second kappa shape index (κ2) is 16.1. The minimum atomic E-state index is -0.956. The number of carboxylic acids is 1. The summed E-state index contributed by atoms with van der Waals surface area (Å²) >= 11 is 0. The van der Waals surface area contributed by atoms with Crippen LogP contribution >= 0.6 is 0 Å². The van der Waals surface area contributed by atoms with E-state index in [4.69, 9.17) is 0 Å². The Labute approximate surface area is 168 Å². The van der Waals surface area contributed by atoms with Gasteiger partial charge in [-0.15, -0.1) is 0 Å². The van der Waals surface area contributed by atoms with E-state index in [0.29, 0.717) is 6.42 Å². The quantitative estimate of drug-likeness (QED) is 0.220. The fourth-order valence-electron chi connectivity index (χ4n) is 3.77. The van der Waals surface area contributed by atoms with Gasteiger partial charge in [0.25, 0.3) is 0 Å². The third-order valence-corrected chi connectivity index (χ3v) is 5.65. The third-order valence-electron chi connectivity index (χ3n) is 5.65. The van der Waals surface area contributed by atoms with Crippen molar-refractivity contribution in [1.82, 2.24) is 0 Å². The molecule has 0 amide bonds. The lowest BCUT2D eigenvalue weighted by Crippen LogP contribution is -2.54. The topological polar surface area (TPSA) is 60.4 Å². The molecule has 0 aromatic rings. The Kier molecular flexibility index (Phi) is 15.6. The molecule has 0 saturated carbocycles. The van der Waals surface area contributed by atoms with Gasteiger partial charge in [0.1, 0.15) is 12.6 Å². The highest BCUT2D eigenvalue weighted by Gasteiger charge is 2.30. The number of allylic oxidation sites excluding steroid dienone is 2. The van der Waals surface area contributed by atoms with E-state index in [-0.39, 0.29) is 6.10 Å². The summed E-state index contributed by atoms with van der Waals surface area (Å²) in [6, 6.07) is 0. The first-order valence-corrected chi connectivity index (χ1v) is 11.3. The van der Waals surface area contributed by atoms with Gasteiger partial charge in [-0.25, -0.2) is 0 Å². The van der Waals surface area contributed by atoms with E-state index in [1.54, 1.807) is 6.92 Å². The summed E-state index contributed by atoms with van der Waals surface area (Å²) in [6.07, 6.45) is 14.4. The van der Waals surface area contributed by atoms with Crippen LogP contribution in [-0.4, -0.2) is 47.8 Å². The molecule has 2 unspecified atom stereocenters. The molecule has 4 heteroatoms. The van der Waals surface area contributed by atoms with Crippen LogP contribution in [0.2, 0.25) is 0 Å². The Morgan fingerprint density at radius 3 is 2.07 bits per heavy atom. The summed E-state index contributed by atoms with van der Waals surface area (Å²) in [6.45, 7) is 11.9. The molecule has 0 aliphatic carbocycles. The first-order valence-electron chi connectivity index (χ1n) is 11.3. The number of aliphatic carboxylic acids is 1. The zero-order valence-electron chi connectivity index (χ0n) is 18.4. The van der Waals surface area contributed by atoms with Crippen LogP contribution in [0.15, 0.2) is 12.2 Å². The van der Waals surface area contributed by atoms with Crippen LogP contribution in [0, 0.1) is 5.92 Å². The highest BCUT2D eigenvalue weighted by molar-refractivity contribution is 5.66. The summed E-state index contributed by atoms with van der Waals surface area (Å²) in [5.41, 5.74) is 0. The molecule has 27 heavy (non-hydrogen) atoms. The minimum Gasteiger partial charge on any atom is -0.550 e. The molecular formula is C23H45NO3. The summed E-state index contributed by atoms with van der Waals surface area (Å²) in [4.78, 5) is 11.2. The Balaban J connectivity index is 5.04. The summed E-state index contributed by atoms with van der Waals surface area (Å²) in [5, 5.41) is 21.9. The van der Waals surface area contributed by atoms with Gasteiger partial charge in [0.05, 0.1) is 19.6 Å². The highest BCUT2D eigenvalue weighted by atomic mass is 16.4. The number of aliphatic hydroxyl groups excluding tert-OH is 1. The molecule has 2 atom stereocenters. The van der Waals surface area contributed by atoms with Gasteiger partial charge in [-0.3, -0.25) is 0 Å². The SMILES string of the molecule is C/C=C/CCCC(O)C[N+](CCCCC)(CCCCC)CCC(C)C(=O)[O-]. The number of aliphatic hydroxyl groups is 1. The van der Waals surface area contributed by atoms with Crippen molar-refractivity contribution < 1.29 is 19.5 Å². The fraction of sp³-hybridized carbons (Fsp3) is 0.870. The van der Waals surface area contributed by atoms with Crippen LogP contribution in [0.25, 0.3) is 0 Å². The second-order valence-corrected chi connectivity index (χ2v) is 8.27. The van der Waals surface area contributed by atoms with Gasteiger partial charge in [0.2, 0.25) is 0 Å². The molecule has 0 rings (SSSR count). The predicted molar refractivity (Wildman–Crippen MR) is 112 cm³/mol. The first kappa shape index (κ1) is 26.1. The van der Waals surface area contributed by atoms with E-state index in [1.165, 1.54) is 25.7 Å². The van der Waals surface area contributed by atoms with E-state index in [9.17, 15) is 15.0 Å². The molecule has 0 saturated heterocycles. The average molecular weight is 384 g/mol. The van der Waals surface area contributed by atoms with E-state index in [1.807, 2.05) is 6.92 Å². The second-order valence-electron chi connectivity index (χ2n) is 8.27. The number of nitrogens with zero attached hydrogens (tertiary/aromatic N) is 1. The van der Waals surface area contributed by atoms with Gasteiger partial charge in [-0.05, 0) is 51.9 Å². The standard InChI is InChI=1S/C23H45NO3/c1-5-8-11-12-15-22(25)20-24(17-13-9-6-2,18-14-10-7-3)19-16-21(4)23(26)27/h5,8,21-22,25H,6-7,9-20H2,1-4H3/b8-5+. The Morgan fingerprint density at radius 2 is 1.59 bits per heavy atom. The van der Waals surface area contributed by atoms with Crippen molar-refractivity contribution in [2.24, 2.45) is 5.92 Å². The van der Waals surface area contributed by atoms with Crippen molar-refractivity contribution in [2.75, 3.05) is 26.2 Å². The van der Waals surface area contributed by atoms with Gasteiger partial charge < -0.3 is 19.5 Å². The Hall–Kier alpha value is -0.870. The largest absolute Gasteiger partial charge is 0.550 e. The number of hydrogen-bond donors (Lipinski definition) is 1. The predicted octanol–water partition coefficient (Wildman–Crippen LogP) is 4.07. The normalized spacial score (nSPS) is 14.6. The molecule has 0 aliphatic heterocycles. The molecule has 0 aliphatic rings. The maximum absolute atomic E-state index is 11.2. The van der Waals surface area contributed by atoms with Gasteiger partial charge in [-0.1, -0.05) is 45.8 Å². The fourth-order valence-corrected chi connectivity index (χ4v) is 3.77. The molecule has 4 nitrogen and oxygen atoms in total. The van der Waals surface area contributed by atoms with Crippen LogP contribution in [0.5, 0.6) is 0 Å². The number of rotatable bonds is 18. The van der Waals surface area contributed by atoms with Gasteiger partial charge in [0.15, 0.2) is 0 Å². The van der Waals surface area contributed by atoms with E-state index in [2.05, 4.69) is 26.0 Å². The van der Waals surface area contributed by atoms with E-state index < -0.39 is 11.9 Å². The minimum absolute atomic E-state index is 0.309. The van der Waals surface area contributed by atoms with E-state index in [0.717, 1.165) is 62.8 Å². The van der Waals surface area contributed by atoms with Crippen molar-refractivity contribution >= 4 is 5.97 Å². The summed E-state index contributed by atoms with van der Waals surface area (Å²) < 4.78 is 0.863. The lowest BCUT2D eigenvalue weighted by Gasteiger charge is -2.41. The molecule has 0 aromatic carbocycles.